The van der Waals surface area contributed by atoms with Crippen LogP contribution >= 0.6 is 0 Å². The number of alkyl halides is 6. The highest BCUT2D eigenvalue weighted by molar-refractivity contribution is 5.76. The molecule has 1 amide bonds. The molecule has 1 aromatic heterocycles. The molecule has 0 spiro atoms. The van der Waals surface area contributed by atoms with Gasteiger partial charge in [0.1, 0.15) is 12.4 Å². The van der Waals surface area contributed by atoms with Crippen LogP contribution in [0.2, 0.25) is 0 Å². The molecule has 2 heterocycles. The van der Waals surface area contributed by atoms with Crippen molar-refractivity contribution in [2.24, 2.45) is 7.05 Å². The maximum absolute atomic E-state index is 13.2. The number of ether oxygens (including phenoxy) is 1. The zero-order chi connectivity index (χ0) is 26.1. The van der Waals surface area contributed by atoms with E-state index >= 15 is 0 Å². The van der Waals surface area contributed by atoms with Crippen molar-refractivity contribution in [3.63, 3.8) is 0 Å². The van der Waals surface area contributed by atoms with Crippen molar-refractivity contribution in [2.45, 2.75) is 37.4 Å². The third-order valence-corrected chi connectivity index (χ3v) is 6.15. The lowest BCUT2D eigenvalue weighted by Crippen LogP contribution is -3.00. The zero-order valence-electron chi connectivity index (χ0n) is 19.6. The van der Waals surface area contributed by atoms with Crippen LogP contribution in [0.5, 0.6) is 0 Å². The first kappa shape index (κ1) is 29.0. The molecule has 12 heteroatoms. The van der Waals surface area contributed by atoms with Crippen molar-refractivity contribution in [3.05, 3.63) is 89.5 Å². The monoisotopic (exact) mass is 639 g/mol. The van der Waals surface area contributed by atoms with Gasteiger partial charge < -0.3 is 33.6 Å². The topological polar surface area (TPSA) is 38.3 Å². The van der Waals surface area contributed by atoms with Gasteiger partial charge in [0.15, 0.2) is 0 Å². The van der Waals surface area contributed by atoms with Gasteiger partial charge >= 0.3 is 18.4 Å². The lowest BCUT2D eigenvalue weighted by molar-refractivity contribution is -0.670. The minimum absolute atomic E-state index is 0. The summed E-state index contributed by atoms with van der Waals surface area (Å²) in [7, 11) is 1.79. The second-order valence-electron chi connectivity index (χ2n) is 8.78. The zero-order valence-corrected chi connectivity index (χ0v) is 21.8. The fraction of sp³-hybridized carbons (Fsp3) is 0.360. The summed E-state index contributed by atoms with van der Waals surface area (Å²) in [5.41, 5.74) is -2.12. The summed E-state index contributed by atoms with van der Waals surface area (Å²) in [6.07, 6.45) is -5.01. The van der Waals surface area contributed by atoms with Crippen molar-refractivity contribution < 1.29 is 64.4 Å². The molecule has 0 aliphatic carbocycles. The highest BCUT2D eigenvalue weighted by Gasteiger charge is 2.38. The third-order valence-electron chi connectivity index (χ3n) is 6.15. The quantitative estimate of drug-likeness (QED) is 0.250. The van der Waals surface area contributed by atoms with Crippen LogP contribution in [-0.2, 0) is 30.7 Å². The minimum Gasteiger partial charge on any atom is -1.00 e. The molecule has 37 heavy (non-hydrogen) atoms. The second kappa shape index (κ2) is 11.4. The number of carbonyl (C=O) groups is 1. The Kier molecular flexibility index (Phi) is 8.93. The summed E-state index contributed by atoms with van der Waals surface area (Å²) in [4.78, 5) is 14.6. The van der Waals surface area contributed by atoms with Crippen LogP contribution < -0.4 is 28.5 Å². The van der Waals surface area contributed by atoms with E-state index in [1.54, 1.807) is 35.2 Å². The van der Waals surface area contributed by atoms with Crippen molar-refractivity contribution in [3.8, 4) is 0 Å². The SMILES string of the molecule is C[n+]1ccn(C(=O)N2CCC(OCc3cc(C(F)(F)F)cc(C(F)(F)F)c3)C(c3ccccc3)C2)c1.[I-]. The molecule has 0 bridgehead atoms. The molecule has 0 N–H and O–H groups in total. The number of aromatic nitrogens is 2. The fourth-order valence-electron chi connectivity index (χ4n) is 4.36. The third kappa shape index (κ3) is 7.03. The molecule has 200 valence electrons. The van der Waals surface area contributed by atoms with E-state index in [2.05, 4.69) is 0 Å². The van der Waals surface area contributed by atoms with Crippen molar-refractivity contribution in [1.82, 2.24) is 9.47 Å². The van der Waals surface area contributed by atoms with Gasteiger partial charge in [-0.05, 0) is 35.7 Å². The maximum Gasteiger partial charge on any atom is 0.416 e. The Balaban J connectivity index is 0.00000380. The predicted molar refractivity (Wildman–Crippen MR) is 117 cm³/mol. The normalized spacial score (nSPS) is 18.4. The number of benzene rings is 2. The standard InChI is InChI=1S/C25H24F6N3O2.HI/c1-32-9-10-34(16-32)23(35)33-8-7-22(21(14-33)18-5-3-2-4-6-18)36-15-17-11-19(24(26,27)28)13-20(12-17)25(29,30)31;/h2-6,9-13,16,21-22H,7-8,14-15H2,1H3;1H/q+1;/p-1. The summed E-state index contributed by atoms with van der Waals surface area (Å²) in [5.74, 6) is -0.318. The van der Waals surface area contributed by atoms with Gasteiger partial charge in [-0.15, -0.1) is 0 Å². The van der Waals surface area contributed by atoms with Crippen LogP contribution in [0.25, 0.3) is 0 Å². The molecular formula is C25H24F6IN3O2. The highest BCUT2D eigenvalue weighted by Crippen LogP contribution is 2.37. The average Bonchev–Trinajstić information content (AvgIpc) is 3.27. The highest BCUT2D eigenvalue weighted by atomic mass is 127. The molecule has 1 saturated heterocycles. The molecule has 2 atom stereocenters. The first-order valence-electron chi connectivity index (χ1n) is 11.2. The molecule has 2 aromatic carbocycles. The Morgan fingerprint density at radius 3 is 2.19 bits per heavy atom. The Hall–Kier alpha value is -2.61. The first-order valence-corrected chi connectivity index (χ1v) is 11.2. The molecule has 0 radical (unpaired) electrons. The summed E-state index contributed by atoms with van der Waals surface area (Å²) in [6, 6.07) is 10.4. The van der Waals surface area contributed by atoms with E-state index in [1.807, 2.05) is 30.3 Å². The van der Waals surface area contributed by atoms with Gasteiger partial charge in [0.2, 0.25) is 0 Å². The van der Waals surface area contributed by atoms with Gasteiger partial charge in [-0.3, -0.25) is 0 Å². The second-order valence-corrected chi connectivity index (χ2v) is 8.78. The van der Waals surface area contributed by atoms with Crippen LogP contribution in [0.1, 0.15) is 34.6 Å². The number of likely N-dealkylation sites (tertiary alicyclic amines) is 1. The van der Waals surface area contributed by atoms with Crippen LogP contribution in [-0.4, -0.2) is 34.7 Å². The van der Waals surface area contributed by atoms with Gasteiger partial charge in [-0.2, -0.15) is 30.9 Å². The number of nitrogens with zero attached hydrogens (tertiary/aromatic N) is 3. The number of hydrogen-bond acceptors (Lipinski definition) is 2. The number of aryl methyl sites for hydroxylation is 1. The Bertz CT molecular complexity index is 1180. The molecule has 1 aliphatic rings. The smallest absolute Gasteiger partial charge is 0.416 e. The molecule has 2 unspecified atom stereocenters. The summed E-state index contributed by atoms with van der Waals surface area (Å²) in [5, 5.41) is 0. The maximum atomic E-state index is 13.2. The van der Waals surface area contributed by atoms with Crippen LogP contribution in [0.4, 0.5) is 31.1 Å². The average molecular weight is 639 g/mol. The number of rotatable bonds is 4. The molecule has 5 nitrogen and oxygen atoms in total. The molecule has 3 aromatic rings. The number of halogens is 7. The van der Waals surface area contributed by atoms with Crippen LogP contribution in [0, 0.1) is 0 Å². The van der Waals surface area contributed by atoms with E-state index in [4.69, 9.17) is 4.74 Å². The van der Waals surface area contributed by atoms with E-state index < -0.39 is 36.2 Å². The van der Waals surface area contributed by atoms with E-state index in [1.165, 1.54) is 4.57 Å². The summed E-state index contributed by atoms with van der Waals surface area (Å²) >= 11 is 0. The number of hydrogen-bond donors (Lipinski definition) is 0. The summed E-state index contributed by atoms with van der Waals surface area (Å²) in [6.45, 7) is 0.180. The van der Waals surface area contributed by atoms with Crippen LogP contribution in [0.3, 0.4) is 0 Å². The van der Waals surface area contributed by atoms with Crippen molar-refractivity contribution >= 4 is 6.03 Å². The van der Waals surface area contributed by atoms with Gasteiger partial charge in [-0.1, -0.05) is 30.3 Å². The van der Waals surface area contributed by atoms with E-state index in [-0.39, 0.29) is 54.1 Å². The lowest BCUT2D eigenvalue weighted by atomic mass is 9.88. The van der Waals surface area contributed by atoms with Gasteiger partial charge in [0.25, 0.3) is 6.33 Å². The molecule has 1 fully saturated rings. The number of piperidine rings is 1. The van der Waals surface area contributed by atoms with Gasteiger partial charge in [0, 0.05) is 19.0 Å². The Morgan fingerprint density at radius 2 is 1.65 bits per heavy atom. The molecule has 0 saturated carbocycles. The Morgan fingerprint density at radius 1 is 1.03 bits per heavy atom. The molecule has 1 aliphatic heterocycles. The fourth-order valence-corrected chi connectivity index (χ4v) is 4.36. The molecule has 4 rings (SSSR count). The number of imidazole rings is 1. The molecular weight excluding hydrogens is 615 g/mol. The minimum atomic E-state index is -4.93. The number of carbonyl (C=O) groups excluding carboxylic acids is 1. The first-order chi connectivity index (χ1) is 16.9. The van der Waals surface area contributed by atoms with Gasteiger partial charge in [-0.25, -0.2) is 9.36 Å². The van der Waals surface area contributed by atoms with Gasteiger partial charge in [0.05, 0.1) is 30.9 Å². The van der Waals surface area contributed by atoms with Crippen LogP contribution in [0.15, 0.2) is 67.3 Å². The largest absolute Gasteiger partial charge is 1.00 e. The predicted octanol–water partition coefficient (Wildman–Crippen LogP) is 2.40. The van der Waals surface area contributed by atoms with E-state index in [9.17, 15) is 31.1 Å². The van der Waals surface area contributed by atoms with E-state index in [0.29, 0.717) is 25.1 Å². The van der Waals surface area contributed by atoms with E-state index in [0.717, 1.165) is 5.56 Å². The number of amides is 1. The summed E-state index contributed by atoms with van der Waals surface area (Å²) < 4.78 is 88.5. The lowest BCUT2D eigenvalue weighted by Gasteiger charge is -2.37. The van der Waals surface area contributed by atoms with Crippen molar-refractivity contribution in [1.29, 1.82) is 0 Å². The Labute approximate surface area is 226 Å². The van der Waals surface area contributed by atoms with Crippen molar-refractivity contribution in [2.75, 3.05) is 13.1 Å².